The van der Waals surface area contributed by atoms with Gasteiger partial charge in [0.05, 0.1) is 12.2 Å². The molecule has 0 fully saturated rings. The number of carbonyl (C=O) groups is 2. The lowest BCUT2D eigenvalue weighted by Gasteiger charge is -2.02. The van der Waals surface area contributed by atoms with E-state index in [0.717, 1.165) is 16.9 Å². The Hall–Kier alpha value is -2.58. The number of ether oxygens (including phenoxy) is 1. The third-order valence-electron chi connectivity index (χ3n) is 2.95. The molecule has 0 bridgehead atoms. The van der Waals surface area contributed by atoms with Gasteiger partial charge in [-0.05, 0) is 31.5 Å². The number of hydrogen-bond donors (Lipinski definition) is 1. The molecule has 0 radical (unpaired) electrons. The highest BCUT2D eigenvalue weighted by atomic mass is 32.1. The standard InChI is InChI=1S/C18H17NO3S/c1-3-14-12-15(18(21)22-4-2)17(23-14)19-16(20)11-10-13-8-6-5-7-9-13/h5-9,12H,3-4H2,1-2H3,(H,19,20). The quantitative estimate of drug-likeness (QED) is 0.691. The third-order valence-corrected chi connectivity index (χ3v) is 4.14. The van der Waals surface area contributed by atoms with E-state index in [-0.39, 0.29) is 6.61 Å². The number of nitrogens with one attached hydrogen (secondary N) is 1. The second-order valence-corrected chi connectivity index (χ2v) is 5.74. The number of anilines is 1. The van der Waals surface area contributed by atoms with Crippen LogP contribution in [0.5, 0.6) is 0 Å². The second kappa shape index (κ2) is 8.16. The molecule has 1 aromatic carbocycles. The van der Waals surface area contributed by atoms with Gasteiger partial charge in [0, 0.05) is 16.4 Å². The fourth-order valence-electron chi connectivity index (χ4n) is 1.85. The molecule has 0 spiro atoms. The fraction of sp³-hybridized carbons (Fsp3) is 0.222. The summed E-state index contributed by atoms with van der Waals surface area (Å²) in [6.07, 6.45) is 0.780. The van der Waals surface area contributed by atoms with Crippen molar-refractivity contribution in [3.05, 3.63) is 52.4 Å². The van der Waals surface area contributed by atoms with E-state index in [2.05, 4.69) is 17.2 Å². The Morgan fingerprint density at radius 3 is 2.61 bits per heavy atom. The van der Waals surface area contributed by atoms with E-state index < -0.39 is 11.9 Å². The van der Waals surface area contributed by atoms with Gasteiger partial charge >= 0.3 is 11.9 Å². The van der Waals surface area contributed by atoms with E-state index >= 15 is 0 Å². The average molecular weight is 327 g/mol. The maximum absolute atomic E-state index is 12.0. The number of carbonyl (C=O) groups excluding carboxylic acids is 2. The maximum Gasteiger partial charge on any atom is 0.341 e. The van der Waals surface area contributed by atoms with Crippen molar-refractivity contribution in [1.82, 2.24) is 0 Å². The third kappa shape index (κ3) is 4.70. The van der Waals surface area contributed by atoms with Crippen LogP contribution in [0, 0.1) is 11.8 Å². The number of amides is 1. The second-order valence-electron chi connectivity index (χ2n) is 4.60. The first-order valence-electron chi connectivity index (χ1n) is 7.32. The first-order valence-corrected chi connectivity index (χ1v) is 8.13. The lowest BCUT2D eigenvalue weighted by Crippen LogP contribution is -2.12. The molecule has 23 heavy (non-hydrogen) atoms. The number of hydrogen-bond acceptors (Lipinski definition) is 4. The van der Waals surface area contributed by atoms with Crippen molar-refractivity contribution in [3.8, 4) is 11.8 Å². The first kappa shape index (κ1) is 16.8. The van der Waals surface area contributed by atoms with Gasteiger partial charge in [-0.1, -0.05) is 31.0 Å². The van der Waals surface area contributed by atoms with Crippen molar-refractivity contribution in [2.45, 2.75) is 20.3 Å². The number of esters is 1. The predicted molar refractivity (Wildman–Crippen MR) is 91.6 cm³/mol. The van der Waals surface area contributed by atoms with Gasteiger partial charge in [0.15, 0.2) is 0 Å². The Bertz CT molecular complexity index is 754. The van der Waals surface area contributed by atoms with Crippen molar-refractivity contribution in [2.75, 3.05) is 11.9 Å². The van der Waals surface area contributed by atoms with E-state index in [1.165, 1.54) is 11.3 Å². The molecule has 2 rings (SSSR count). The summed E-state index contributed by atoms with van der Waals surface area (Å²) in [6.45, 7) is 4.02. The highest BCUT2D eigenvalue weighted by Gasteiger charge is 2.18. The molecule has 5 heteroatoms. The zero-order chi connectivity index (χ0) is 16.7. The Balaban J connectivity index is 2.16. The van der Waals surface area contributed by atoms with Gasteiger partial charge in [0.1, 0.15) is 5.00 Å². The number of thiophene rings is 1. The minimum atomic E-state index is -0.455. The van der Waals surface area contributed by atoms with Crippen molar-refractivity contribution in [1.29, 1.82) is 0 Å². The molecule has 0 saturated heterocycles. The molecule has 1 heterocycles. The Kier molecular flexibility index (Phi) is 5.95. The minimum absolute atomic E-state index is 0.289. The number of aryl methyl sites for hydroxylation is 1. The van der Waals surface area contributed by atoms with E-state index in [0.29, 0.717) is 10.6 Å². The van der Waals surface area contributed by atoms with E-state index in [4.69, 9.17) is 4.74 Å². The monoisotopic (exact) mass is 327 g/mol. The van der Waals surface area contributed by atoms with Crippen molar-refractivity contribution in [3.63, 3.8) is 0 Å². The summed E-state index contributed by atoms with van der Waals surface area (Å²) in [6, 6.07) is 11.0. The van der Waals surface area contributed by atoms with Gasteiger partial charge in [-0.3, -0.25) is 4.79 Å². The summed E-state index contributed by atoms with van der Waals surface area (Å²) in [5.41, 5.74) is 1.14. The zero-order valence-corrected chi connectivity index (χ0v) is 13.8. The molecule has 0 unspecified atom stereocenters. The molecule has 1 amide bonds. The molecular weight excluding hydrogens is 310 g/mol. The van der Waals surface area contributed by atoms with Crippen LogP contribution in [0.3, 0.4) is 0 Å². The van der Waals surface area contributed by atoms with E-state index in [1.54, 1.807) is 13.0 Å². The molecule has 4 nitrogen and oxygen atoms in total. The molecule has 0 aliphatic carbocycles. The minimum Gasteiger partial charge on any atom is -0.462 e. The summed E-state index contributed by atoms with van der Waals surface area (Å²) in [7, 11) is 0. The number of rotatable bonds is 4. The van der Waals surface area contributed by atoms with Crippen LogP contribution in [0.2, 0.25) is 0 Å². The topological polar surface area (TPSA) is 55.4 Å². The van der Waals surface area contributed by atoms with E-state index in [9.17, 15) is 9.59 Å². The van der Waals surface area contributed by atoms with Crippen molar-refractivity contribution in [2.24, 2.45) is 0 Å². The van der Waals surface area contributed by atoms with Gasteiger partial charge in [0.2, 0.25) is 0 Å². The summed E-state index contributed by atoms with van der Waals surface area (Å²) in [4.78, 5) is 24.9. The fourth-order valence-corrected chi connectivity index (χ4v) is 2.83. The molecule has 0 aliphatic rings. The summed E-state index contributed by atoms with van der Waals surface area (Å²) in [5, 5.41) is 3.16. The van der Waals surface area contributed by atoms with Crippen LogP contribution in [0.1, 0.15) is 34.6 Å². The molecule has 1 N–H and O–H groups in total. The van der Waals surface area contributed by atoms with Gasteiger partial charge in [-0.25, -0.2) is 4.79 Å². The molecular formula is C18H17NO3S. The summed E-state index contributed by atoms with van der Waals surface area (Å²) >= 11 is 1.36. The highest BCUT2D eigenvalue weighted by molar-refractivity contribution is 7.16. The Morgan fingerprint density at radius 1 is 1.22 bits per heavy atom. The van der Waals surface area contributed by atoms with Crippen LogP contribution in [0.4, 0.5) is 5.00 Å². The molecule has 118 valence electrons. The molecule has 2 aromatic rings. The summed E-state index contributed by atoms with van der Waals surface area (Å²) < 4.78 is 5.02. The van der Waals surface area contributed by atoms with Crippen LogP contribution in [0.15, 0.2) is 36.4 Å². The smallest absolute Gasteiger partial charge is 0.341 e. The molecule has 0 atom stereocenters. The average Bonchev–Trinajstić information content (AvgIpc) is 2.97. The van der Waals surface area contributed by atoms with Crippen molar-refractivity contribution >= 4 is 28.2 Å². The van der Waals surface area contributed by atoms with Gasteiger partial charge in [-0.15, -0.1) is 11.3 Å². The van der Waals surface area contributed by atoms with Crippen LogP contribution in [-0.2, 0) is 16.0 Å². The van der Waals surface area contributed by atoms with Crippen molar-refractivity contribution < 1.29 is 14.3 Å². The largest absolute Gasteiger partial charge is 0.462 e. The van der Waals surface area contributed by atoms with Gasteiger partial charge in [0.25, 0.3) is 0 Å². The Morgan fingerprint density at radius 2 is 1.96 bits per heavy atom. The molecule has 0 aliphatic heterocycles. The normalized spacial score (nSPS) is 9.65. The van der Waals surface area contributed by atoms with Gasteiger partial charge in [-0.2, -0.15) is 0 Å². The van der Waals surface area contributed by atoms with Crippen LogP contribution >= 0.6 is 11.3 Å². The first-order chi connectivity index (χ1) is 11.1. The zero-order valence-electron chi connectivity index (χ0n) is 13.0. The summed E-state index contributed by atoms with van der Waals surface area (Å²) in [5.74, 6) is 4.42. The molecule has 1 aromatic heterocycles. The highest BCUT2D eigenvalue weighted by Crippen LogP contribution is 2.29. The lowest BCUT2D eigenvalue weighted by atomic mass is 10.2. The predicted octanol–water partition coefficient (Wildman–Crippen LogP) is 3.48. The van der Waals surface area contributed by atoms with Crippen LogP contribution in [0.25, 0.3) is 0 Å². The van der Waals surface area contributed by atoms with Crippen LogP contribution < -0.4 is 5.32 Å². The van der Waals surface area contributed by atoms with Gasteiger partial charge < -0.3 is 10.1 Å². The maximum atomic E-state index is 12.0. The lowest BCUT2D eigenvalue weighted by molar-refractivity contribution is -0.111. The SMILES string of the molecule is CCOC(=O)c1cc(CC)sc1NC(=O)C#Cc1ccccc1. The number of benzene rings is 1. The van der Waals surface area contributed by atoms with E-state index in [1.807, 2.05) is 37.3 Å². The van der Waals surface area contributed by atoms with Crippen LogP contribution in [-0.4, -0.2) is 18.5 Å². The molecule has 0 saturated carbocycles. The Labute approximate surface area is 139 Å².